The molecule has 0 saturated heterocycles. The van der Waals surface area contributed by atoms with E-state index in [1.54, 1.807) is 24.5 Å². The van der Waals surface area contributed by atoms with E-state index in [0.29, 0.717) is 28.8 Å². The number of benzene rings is 1. The average molecular weight is 321 g/mol. The van der Waals surface area contributed by atoms with Crippen LogP contribution in [0.3, 0.4) is 0 Å². The minimum atomic E-state index is -0.841. The third kappa shape index (κ3) is 2.76. The highest BCUT2D eigenvalue weighted by atomic mass is 32.2. The minimum Gasteiger partial charge on any atom is -0.461 e. The predicted octanol–water partition coefficient (Wildman–Crippen LogP) is 4.13. The van der Waals surface area contributed by atoms with Crippen LogP contribution in [-0.4, -0.2) is 14.8 Å². The monoisotopic (exact) mass is 321 g/mol. The molecule has 0 radical (unpaired) electrons. The van der Waals surface area contributed by atoms with Gasteiger partial charge in [0.15, 0.2) is 28.4 Å². The normalized spacial score (nSPS) is 11.0. The molecule has 2 aromatic heterocycles. The molecule has 0 atom stereocenters. The second-order valence-corrected chi connectivity index (χ2v) is 5.47. The maximum Gasteiger partial charge on any atom is 0.200 e. The molecule has 0 unspecified atom stereocenters. The summed E-state index contributed by atoms with van der Waals surface area (Å²) in [5, 5.41) is 8.86. The molecule has 0 amide bonds. The molecule has 0 spiro atoms. The molecule has 0 aliphatic carbocycles. The van der Waals surface area contributed by atoms with Crippen molar-refractivity contribution in [1.82, 2.24) is 14.8 Å². The fourth-order valence-corrected chi connectivity index (χ4v) is 3.05. The summed E-state index contributed by atoms with van der Waals surface area (Å²) in [5.41, 5.74) is 0.301. The second kappa shape index (κ2) is 6.31. The van der Waals surface area contributed by atoms with Crippen molar-refractivity contribution in [3.05, 3.63) is 53.8 Å². The fourth-order valence-electron chi connectivity index (χ4n) is 2.07. The summed E-state index contributed by atoms with van der Waals surface area (Å²) < 4.78 is 34.1. The number of rotatable bonds is 5. The number of furan rings is 1. The van der Waals surface area contributed by atoms with Gasteiger partial charge >= 0.3 is 0 Å². The molecule has 22 heavy (non-hydrogen) atoms. The summed E-state index contributed by atoms with van der Waals surface area (Å²) in [6.07, 6.45) is 1.57. The van der Waals surface area contributed by atoms with Crippen LogP contribution >= 0.6 is 11.8 Å². The molecular weight excluding hydrogens is 308 g/mol. The first-order valence-electron chi connectivity index (χ1n) is 6.73. The van der Waals surface area contributed by atoms with Gasteiger partial charge in [0.2, 0.25) is 0 Å². The van der Waals surface area contributed by atoms with E-state index in [9.17, 15) is 8.78 Å². The summed E-state index contributed by atoms with van der Waals surface area (Å²) in [5.74, 6) is -0.136. The highest BCUT2D eigenvalue weighted by Gasteiger charge is 2.16. The van der Waals surface area contributed by atoms with Crippen LogP contribution in [0.15, 0.2) is 46.2 Å². The maximum absolute atomic E-state index is 13.7. The highest BCUT2D eigenvalue weighted by Crippen LogP contribution is 2.27. The van der Waals surface area contributed by atoms with Crippen LogP contribution in [0.4, 0.5) is 8.78 Å². The van der Waals surface area contributed by atoms with Crippen molar-refractivity contribution >= 4 is 11.8 Å². The largest absolute Gasteiger partial charge is 0.461 e. The van der Waals surface area contributed by atoms with Gasteiger partial charge in [-0.25, -0.2) is 8.78 Å². The number of thioether (sulfide) groups is 1. The standard InChI is InChI=1S/C15H13F2N3OS/c1-2-20-14(12-7-4-8-21-12)18-19-15(20)22-9-10-5-3-6-11(16)13(10)17/h3-8H,2,9H2,1H3. The smallest absolute Gasteiger partial charge is 0.200 e. The SMILES string of the molecule is CCn1c(SCc2cccc(F)c2F)nnc1-c1ccco1. The Balaban J connectivity index is 1.83. The third-order valence-corrected chi connectivity index (χ3v) is 4.18. The number of hydrogen-bond acceptors (Lipinski definition) is 4. The molecule has 114 valence electrons. The topological polar surface area (TPSA) is 43.9 Å². The molecule has 4 nitrogen and oxygen atoms in total. The lowest BCUT2D eigenvalue weighted by Crippen LogP contribution is -2.00. The van der Waals surface area contributed by atoms with E-state index in [-0.39, 0.29) is 5.75 Å². The van der Waals surface area contributed by atoms with Gasteiger partial charge in [0.1, 0.15) is 0 Å². The Morgan fingerprint density at radius 1 is 1.18 bits per heavy atom. The van der Waals surface area contributed by atoms with Crippen LogP contribution in [0, 0.1) is 11.6 Å². The predicted molar refractivity (Wildman–Crippen MR) is 79.3 cm³/mol. The van der Waals surface area contributed by atoms with Crippen molar-refractivity contribution in [3.8, 4) is 11.6 Å². The van der Waals surface area contributed by atoms with Crippen molar-refractivity contribution in [3.63, 3.8) is 0 Å². The molecule has 3 aromatic rings. The Bertz CT molecular complexity index is 771. The molecule has 0 aliphatic rings. The quantitative estimate of drug-likeness (QED) is 0.663. The summed E-state index contributed by atoms with van der Waals surface area (Å²) in [4.78, 5) is 0. The van der Waals surface area contributed by atoms with Gasteiger partial charge in [-0.05, 0) is 25.1 Å². The van der Waals surface area contributed by atoms with Crippen molar-refractivity contribution < 1.29 is 13.2 Å². The maximum atomic E-state index is 13.7. The Morgan fingerprint density at radius 3 is 2.77 bits per heavy atom. The highest BCUT2D eigenvalue weighted by molar-refractivity contribution is 7.98. The average Bonchev–Trinajstić information content (AvgIpc) is 3.17. The van der Waals surface area contributed by atoms with E-state index in [1.807, 2.05) is 11.5 Å². The van der Waals surface area contributed by atoms with Crippen molar-refractivity contribution in [2.45, 2.75) is 24.4 Å². The lowest BCUT2D eigenvalue weighted by Gasteiger charge is -2.06. The number of hydrogen-bond donors (Lipinski definition) is 0. The fraction of sp³-hybridized carbons (Fsp3) is 0.200. The zero-order valence-electron chi connectivity index (χ0n) is 11.8. The zero-order chi connectivity index (χ0) is 15.5. The van der Waals surface area contributed by atoms with Crippen LogP contribution in [0.2, 0.25) is 0 Å². The van der Waals surface area contributed by atoms with Crippen molar-refractivity contribution in [1.29, 1.82) is 0 Å². The molecule has 7 heteroatoms. The van der Waals surface area contributed by atoms with Crippen molar-refractivity contribution in [2.24, 2.45) is 0 Å². The first kappa shape index (κ1) is 14.8. The van der Waals surface area contributed by atoms with Crippen LogP contribution in [0.25, 0.3) is 11.6 Å². The molecule has 0 saturated carbocycles. The molecule has 1 aromatic carbocycles. The second-order valence-electron chi connectivity index (χ2n) is 4.53. The first-order valence-corrected chi connectivity index (χ1v) is 7.72. The summed E-state index contributed by atoms with van der Waals surface area (Å²) >= 11 is 1.31. The lowest BCUT2D eigenvalue weighted by atomic mass is 10.2. The van der Waals surface area contributed by atoms with Gasteiger partial charge < -0.3 is 4.42 Å². The zero-order valence-corrected chi connectivity index (χ0v) is 12.6. The number of nitrogens with zero attached hydrogens (tertiary/aromatic N) is 3. The van der Waals surface area contributed by atoms with Crippen molar-refractivity contribution in [2.75, 3.05) is 0 Å². The van der Waals surface area contributed by atoms with Gasteiger partial charge in [0.25, 0.3) is 0 Å². The number of halogens is 2. The molecule has 2 heterocycles. The number of aromatic nitrogens is 3. The van der Waals surface area contributed by atoms with Crippen LogP contribution in [0.5, 0.6) is 0 Å². The van der Waals surface area contributed by atoms with Gasteiger partial charge in [0.05, 0.1) is 6.26 Å². The van der Waals surface area contributed by atoms with Gasteiger partial charge in [-0.3, -0.25) is 4.57 Å². The Kier molecular flexibility index (Phi) is 4.24. The Labute approximate surface area is 130 Å². The van der Waals surface area contributed by atoms with Gasteiger partial charge in [-0.1, -0.05) is 23.9 Å². The molecule has 0 aliphatic heterocycles. The first-order chi connectivity index (χ1) is 10.7. The van der Waals surface area contributed by atoms with E-state index < -0.39 is 11.6 Å². The molecule has 3 rings (SSSR count). The van der Waals surface area contributed by atoms with E-state index in [2.05, 4.69) is 10.2 Å². The van der Waals surface area contributed by atoms with Gasteiger partial charge in [-0.2, -0.15) is 0 Å². The summed E-state index contributed by atoms with van der Waals surface area (Å²) in [7, 11) is 0. The Morgan fingerprint density at radius 2 is 2.05 bits per heavy atom. The van der Waals surface area contributed by atoms with Crippen LogP contribution < -0.4 is 0 Å². The Hall–Kier alpha value is -2.15. The van der Waals surface area contributed by atoms with E-state index in [4.69, 9.17) is 4.42 Å². The summed E-state index contributed by atoms with van der Waals surface area (Å²) in [6, 6.07) is 7.74. The minimum absolute atomic E-state index is 0.278. The molecule has 0 N–H and O–H groups in total. The lowest BCUT2D eigenvalue weighted by molar-refractivity contribution is 0.502. The van der Waals surface area contributed by atoms with E-state index in [0.717, 1.165) is 6.07 Å². The molecular formula is C15H13F2N3OS. The van der Waals surface area contributed by atoms with Gasteiger partial charge in [-0.15, -0.1) is 10.2 Å². The van der Waals surface area contributed by atoms with Crippen LogP contribution in [-0.2, 0) is 12.3 Å². The third-order valence-electron chi connectivity index (χ3n) is 3.16. The van der Waals surface area contributed by atoms with E-state index in [1.165, 1.54) is 17.8 Å². The van der Waals surface area contributed by atoms with Gasteiger partial charge in [0, 0.05) is 17.9 Å². The van der Waals surface area contributed by atoms with Crippen LogP contribution in [0.1, 0.15) is 12.5 Å². The summed E-state index contributed by atoms with van der Waals surface area (Å²) in [6.45, 7) is 2.61. The molecule has 0 bridgehead atoms. The van der Waals surface area contributed by atoms with E-state index >= 15 is 0 Å². The molecule has 0 fully saturated rings.